The Morgan fingerprint density at radius 3 is 2.68 bits per heavy atom. The maximum Gasteiger partial charge on any atom is 0.222 e. The van der Waals surface area contributed by atoms with E-state index >= 15 is 0 Å². The zero-order valence-electron chi connectivity index (χ0n) is 15.3. The largest absolute Gasteiger partial charge is 0.385 e. The van der Waals surface area contributed by atoms with Crippen LogP contribution in [0.2, 0.25) is 0 Å². The van der Waals surface area contributed by atoms with Crippen LogP contribution in [-0.4, -0.2) is 32.1 Å². The highest BCUT2D eigenvalue weighted by Gasteiger charge is 2.32. The molecule has 140 valence electrons. The highest BCUT2D eigenvalue weighted by Crippen LogP contribution is 2.38. The van der Waals surface area contributed by atoms with Crippen molar-refractivity contribution < 1.29 is 14.3 Å². The fourth-order valence-corrected chi connectivity index (χ4v) is 4.41. The molecule has 6 heteroatoms. The number of ether oxygens (including phenoxy) is 1. The van der Waals surface area contributed by atoms with Gasteiger partial charge in [-0.05, 0) is 36.1 Å². The molecule has 0 bridgehead atoms. The van der Waals surface area contributed by atoms with Crippen molar-refractivity contribution in [3.05, 3.63) is 22.4 Å². The van der Waals surface area contributed by atoms with Crippen molar-refractivity contribution in [1.29, 1.82) is 0 Å². The lowest BCUT2D eigenvalue weighted by Crippen LogP contribution is -2.41. The Balaban J connectivity index is 1.91. The van der Waals surface area contributed by atoms with Gasteiger partial charge in [0.25, 0.3) is 0 Å². The molecule has 1 aliphatic carbocycles. The van der Waals surface area contributed by atoms with Gasteiger partial charge in [0.2, 0.25) is 11.8 Å². The summed E-state index contributed by atoms with van der Waals surface area (Å²) in [4.78, 5) is 25.0. The van der Waals surface area contributed by atoms with Crippen LogP contribution in [0.3, 0.4) is 0 Å². The number of carbonyl (C=O) groups excluding carboxylic acids is 2. The molecule has 0 aliphatic heterocycles. The topological polar surface area (TPSA) is 67.4 Å². The van der Waals surface area contributed by atoms with Gasteiger partial charge in [0.15, 0.2) is 0 Å². The highest BCUT2D eigenvalue weighted by molar-refractivity contribution is 7.10. The fraction of sp³-hybridized carbons (Fsp3) is 0.684. The van der Waals surface area contributed by atoms with Gasteiger partial charge in [0, 0.05) is 32.1 Å². The molecular formula is C19H30N2O3S. The van der Waals surface area contributed by atoms with E-state index in [1.165, 1.54) is 26.2 Å². The Bertz CT molecular complexity index is 539. The van der Waals surface area contributed by atoms with Crippen LogP contribution in [-0.2, 0) is 14.3 Å². The van der Waals surface area contributed by atoms with Crippen molar-refractivity contribution in [2.24, 2.45) is 5.41 Å². The smallest absolute Gasteiger partial charge is 0.222 e. The summed E-state index contributed by atoms with van der Waals surface area (Å²) in [6, 6.07) is 3.65. The van der Waals surface area contributed by atoms with Crippen molar-refractivity contribution in [2.45, 2.75) is 57.9 Å². The van der Waals surface area contributed by atoms with Gasteiger partial charge < -0.3 is 15.4 Å². The van der Waals surface area contributed by atoms with Gasteiger partial charge in [-0.25, -0.2) is 0 Å². The Morgan fingerprint density at radius 1 is 1.32 bits per heavy atom. The van der Waals surface area contributed by atoms with E-state index in [4.69, 9.17) is 4.74 Å². The Hall–Kier alpha value is -1.40. The van der Waals surface area contributed by atoms with Gasteiger partial charge in [-0.3, -0.25) is 9.59 Å². The molecule has 0 spiro atoms. The zero-order chi connectivity index (χ0) is 18.1. The molecule has 2 rings (SSSR count). The van der Waals surface area contributed by atoms with E-state index in [1.807, 2.05) is 17.5 Å². The molecule has 0 unspecified atom stereocenters. The minimum atomic E-state index is -0.251. The average Bonchev–Trinajstić information content (AvgIpc) is 3.13. The molecule has 0 saturated heterocycles. The number of thiophene rings is 1. The van der Waals surface area contributed by atoms with Gasteiger partial charge in [0.1, 0.15) is 0 Å². The summed E-state index contributed by atoms with van der Waals surface area (Å²) in [6.45, 7) is 2.92. The van der Waals surface area contributed by atoms with E-state index in [0.29, 0.717) is 6.54 Å². The van der Waals surface area contributed by atoms with Crippen molar-refractivity contribution in [3.63, 3.8) is 0 Å². The molecular weight excluding hydrogens is 336 g/mol. The van der Waals surface area contributed by atoms with Gasteiger partial charge >= 0.3 is 0 Å². The molecule has 1 aromatic heterocycles. The van der Waals surface area contributed by atoms with Crippen molar-refractivity contribution in [1.82, 2.24) is 10.6 Å². The first-order valence-corrected chi connectivity index (χ1v) is 9.99. The lowest BCUT2D eigenvalue weighted by Gasteiger charge is -2.37. The Morgan fingerprint density at radius 2 is 2.08 bits per heavy atom. The number of amides is 2. The summed E-state index contributed by atoms with van der Waals surface area (Å²) in [7, 11) is 1.73. The van der Waals surface area contributed by atoms with E-state index in [9.17, 15) is 9.59 Å². The molecule has 1 heterocycles. The minimum absolute atomic E-state index is 0.00508. The predicted molar refractivity (Wildman–Crippen MR) is 101 cm³/mol. The molecule has 1 atom stereocenters. The first-order valence-electron chi connectivity index (χ1n) is 9.11. The third kappa shape index (κ3) is 6.44. The molecule has 5 nitrogen and oxygen atoms in total. The second-order valence-electron chi connectivity index (χ2n) is 7.05. The van der Waals surface area contributed by atoms with E-state index in [0.717, 1.165) is 30.7 Å². The number of hydrogen-bond acceptors (Lipinski definition) is 4. The van der Waals surface area contributed by atoms with Gasteiger partial charge in [-0.15, -0.1) is 11.3 Å². The van der Waals surface area contributed by atoms with Gasteiger partial charge in [-0.1, -0.05) is 25.3 Å². The summed E-state index contributed by atoms with van der Waals surface area (Å²) in [6.07, 6.45) is 7.30. The normalized spacial score (nSPS) is 17.7. The van der Waals surface area contributed by atoms with Crippen molar-refractivity contribution >= 4 is 23.2 Å². The zero-order valence-corrected chi connectivity index (χ0v) is 16.1. The van der Waals surface area contributed by atoms with Gasteiger partial charge in [0.05, 0.1) is 12.5 Å². The molecule has 2 N–H and O–H groups in total. The minimum Gasteiger partial charge on any atom is -0.385 e. The number of hydrogen-bond donors (Lipinski definition) is 2. The molecule has 0 radical (unpaired) electrons. The second kappa shape index (κ2) is 9.92. The highest BCUT2D eigenvalue weighted by atomic mass is 32.1. The Kier molecular flexibility index (Phi) is 7.90. The number of rotatable bonds is 9. The standard InChI is InChI=1S/C19H30N2O3S/c1-15(22)21-16(17-7-6-12-25-17)13-18(23)20-14-19(10-11-24-2)8-4-3-5-9-19/h6-7,12,16H,3-5,8-11,13-14H2,1-2H3,(H,20,23)(H,21,22)/t16-/m0/s1. The van der Waals surface area contributed by atoms with Crippen LogP contribution in [0.5, 0.6) is 0 Å². The predicted octanol–water partition coefficient (Wildman–Crippen LogP) is 3.42. The van der Waals surface area contributed by atoms with Crippen LogP contribution in [0.4, 0.5) is 0 Å². The quantitative estimate of drug-likeness (QED) is 0.704. The second-order valence-corrected chi connectivity index (χ2v) is 8.03. The lowest BCUT2D eigenvalue weighted by molar-refractivity contribution is -0.123. The SMILES string of the molecule is COCCC1(CNC(=O)C[C@H](NC(C)=O)c2cccs2)CCCCC1. The summed E-state index contributed by atoms with van der Waals surface area (Å²) < 4.78 is 5.27. The summed E-state index contributed by atoms with van der Waals surface area (Å²) in [5.41, 5.74) is 0.163. The molecule has 1 saturated carbocycles. The van der Waals surface area contributed by atoms with Crippen molar-refractivity contribution in [3.8, 4) is 0 Å². The van der Waals surface area contributed by atoms with Crippen LogP contribution >= 0.6 is 11.3 Å². The van der Waals surface area contributed by atoms with Crippen LogP contribution in [0.25, 0.3) is 0 Å². The average molecular weight is 367 g/mol. The lowest BCUT2D eigenvalue weighted by atomic mass is 9.72. The van der Waals surface area contributed by atoms with Crippen LogP contribution < -0.4 is 10.6 Å². The van der Waals surface area contributed by atoms with Crippen LogP contribution in [0, 0.1) is 5.41 Å². The number of nitrogens with one attached hydrogen (secondary N) is 2. The maximum absolute atomic E-state index is 12.5. The molecule has 2 amide bonds. The monoisotopic (exact) mass is 366 g/mol. The van der Waals surface area contributed by atoms with E-state index in [-0.39, 0.29) is 29.7 Å². The third-order valence-corrected chi connectivity index (χ3v) is 6.05. The number of carbonyl (C=O) groups is 2. The maximum atomic E-state index is 12.5. The molecule has 0 aromatic carbocycles. The molecule has 1 fully saturated rings. The number of methoxy groups -OCH3 is 1. The summed E-state index contributed by atoms with van der Waals surface area (Å²) in [5.74, 6) is -0.121. The van der Waals surface area contributed by atoms with E-state index in [2.05, 4.69) is 10.6 Å². The third-order valence-electron chi connectivity index (χ3n) is 5.06. The van der Waals surface area contributed by atoms with Crippen molar-refractivity contribution in [2.75, 3.05) is 20.3 Å². The molecule has 1 aromatic rings. The van der Waals surface area contributed by atoms with Gasteiger partial charge in [-0.2, -0.15) is 0 Å². The summed E-state index contributed by atoms with van der Waals surface area (Å²) >= 11 is 1.56. The van der Waals surface area contributed by atoms with E-state index < -0.39 is 0 Å². The Labute approximate surface area is 154 Å². The molecule has 1 aliphatic rings. The first kappa shape index (κ1) is 19.9. The van der Waals surface area contributed by atoms with Crippen LogP contribution in [0.15, 0.2) is 17.5 Å². The van der Waals surface area contributed by atoms with Crippen LogP contribution in [0.1, 0.15) is 62.8 Å². The fourth-order valence-electron chi connectivity index (χ4n) is 3.64. The van der Waals surface area contributed by atoms with E-state index in [1.54, 1.807) is 18.4 Å². The summed E-state index contributed by atoms with van der Waals surface area (Å²) in [5, 5.41) is 7.97. The molecule has 25 heavy (non-hydrogen) atoms. The first-order chi connectivity index (χ1) is 12.0.